The summed E-state index contributed by atoms with van der Waals surface area (Å²) in [7, 11) is 3.80. The van der Waals surface area contributed by atoms with Gasteiger partial charge in [-0.3, -0.25) is 14.6 Å². The van der Waals surface area contributed by atoms with Crippen molar-refractivity contribution in [1.29, 1.82) is 0 Å². The molecular weight excluding hydrogens is 415 g/mol. The monoisotopic (exact) mass is 446 g/mol. The molecule has 0 bridgehead atoms. The van der Waals surface area contributed by atoms with Crippen LogP contribution in [0.4, 0.5) is 0 Å². The summed E-state index contributed by atoms with van der Waals surface area (Å²) in [6.45, 7) is 3.27. The van der Waals surface area contributed by atoms with Gasteiger partial charge in [-0.15, -0.1) is 24.0 Å². The number of nitrogens with one attached hydrogen (secondary N) is 2. The highest BCUT2D eigenvalue weighted by Crippen LogP contribution is 2.26. The molecule has 0 spiro atoms. The maximum Gasteiger partial charge on any atom is 0.191 e. The molecule has 24 heavy (non-hydrogen) atoms. The van der Waals surface area contributed by atoms with Crippen molar-refractivity contribution in [2.45, 2.75) is 50.6 Å². The minimum Gasteiger partial charge on any atom is -0.356 e. The molecule has 2 N–H and O–H groups in total. The van der Waals surface area contributed by atoms with Gasteiger partial charge in [0.1, 0.15) is 0 Å². The number of rotatable bonds is 5. The molecule has 1 aromatic rings. The second kappa shape index (κ2) is 9.60. The normalized spacial score (nSPS) is 22.6. The van der Waals surface area contributed by atoms with Gasteiger partial charge in [-0.25, -0.2) is 0 Å². The fraction of sp³-hybridized carbons (Fsp3) is 0.765. The quantitative estimate of drug-likeness (QED) is 0.411. The van der Waals surface area contributed by atoms with Crippen molar-refractivity contribution in [3.8, 4) is 0 Å². The summed E-state index contributed by atoms with van der Waals surface area (Å²) >= 11 is 0. The molecule has 3 rings (SSSR count). The Balaban J connectivity index is 0.00000208. The molecule has 2 heterocycles. The van der Waals surface area contributed by atoms with E-state index in [-0.39, 0.29) is 24.0 Å². The SMILES string of the molecule is CN=C(NCCc1cnn(C)c1)NC1CCN(C2CCCC2)C1.I. The molecule has 1 saturated carbocycles. The maximum atomic E-state index is 4.37. The van der Waals surface area contributed by atoms with Crippen molar-refractivity contribution in [2.75, 3.05) is 26.7 Å². The Bertz CT molecular complexity index is 523. The molecule has 0 radical (unpaired) electrons. The number of hydrogen-bond donors (Lipinski definition) is 2. The Morgan fingerprint density at radius 2 is 2.12 bits per heavy atom. The van der Waals surface area contributed by atoms with E-state index in [4.69, 9.17) is 0 Å². The first kappa shape index (κ1) is 19.5. The molecule has 2 aliphatic rings. The predicted octanol–water partition coefficient (Wildman–Crippen LogP) is 1.76. The molecule has 1 saturated heterocycles. The van der Waals surface area contributed by atoms with E-state index in [1.165, 1.54) is 44.2 Å². The third-order valence-electron chi connectivity index (χ3n) is 5.09. The van der Waals surface area contributed by atoms with Gasteiger partial charge >= 0.3 is 0 Å². The number of aliphatic imine (C=N–C) groups is 1. The van der Waals surface area contributed by atoms with Crippen LogP contribution >= 0.6 is 24.0 Å². The Morgan fingerprint density at radius 1 is 1.33 bits per heavy atom. The van der Waals surface area contributed by atoms with Crippen LogP contribution in [-0.2, 0) is 13.5 Å². The number of hydrogen-bond acceptors (Lipinski definition) is 3. The Hall–Kier alpha value is -0.830. The van der Waals surface area contributed by atoms with E-state index in [9.17, 15) is 0 Å². The van der Waals surface area contributed by atoms with E-state index in [0.29, 0.717) is 6.04 Å². The summed E-state index contributed by atoms with van der Waals surface area (Å²) in [4.78, 5) is 7.04. The zero-order valence-electron chi connectivity index (χ0n) is 14.9. The Labute approximate surface area is 162 Å². The van der Waals surface area contributed by atoms with Gasteiger partial charge in [0.25, 0.3) is 0 Å². The molecule has 1 aromatic heterocycles. The first-order valence-corrected chi connectivity index (χ1v) is 8.93. The lowest BCUT2D eigenvalue weighted by Gasteiger charge is -2.24. The number of guanidine groups is 1. The second-order valence-electron chi connectivity index (χ2n) is 6.83. The third kappa shape index (κ3) is 5.34. The Morgan fingerprint density at radius 3 is 2.79 bits per heavy atom. The highest BCUT2D eigenvalue weighted by atomic mass is 127. The lowest BCUT2D eigenvalue weighted by atomic mass is 10.2. The fourth-order valence-electron chi connectivity index (χ4n) is 3.82. The zero-order valence-corrected chi connectivity index (χ0v) is 17.2. The van der Waals surface area contributed by atoms with Crippen LogP contribution in [-0.4, -0.2) is 59.4 Å². The predicted molar refractivity (Wildman–Crippen MR) is 109 cm³/mol. The molecule has 7 heteroatoms. The molecule has 0 amide bonds. The summed E-state index contributed by atoms with van der Waals surface area (Å²) < 4.78 is 1.85. The molecule has 136 valence electrons. The zero-order chi connectivity index (χ0) is 16.1. The standard InChI is InChI=1S/C17H30N6.HI/c1-18-17(19-9-7-14-11-20-22(2)12-14)21-15-8-10-23(13-15)16-5-3-4-6-16;/h11-12,15-16H,3-10,13H2,1-2H3,(H2,18,19,21);1H. The van der Waals surface area contributed by atoms with E-state index < -0.39 is 0 Å². The molecule has 0 aromatic carbocycles. The minimum atomic E-state index is 0. The molecule has 1 unspecified atom stereocenters. The Kier molecular flexibility index (Phi) is 7.80. The lowest BCUT2D eigenvalue weighted by molar-refractivity contribution is 0.242. The number of likely N-dealkylation sites (tertiary alicyclic amines) is 1. The van der Waals surface area contributed by atoms with Crippen LogP contribution in [0.2, 0.25) is 0 Å². The van der Waals surface area contributed by atoms with Crippen LogP contribution in [0.1, 0.15) is 37.7 Å². The summed E-state index contributed by atoms with van der Waals surface area (Å²) in [6.07, 6.45) is 11.8. The van der Waals surface area contributed by atoms with Crippen molar-refractivity contribution in [1.82, 2.24) is 25.3 Å². The topological polar surface area (TPSA) is 57.5 Å². The molecule has 6 nitrogen and oxygen atoms in total. The lowest BCUT2D eigenvalue weighted by Crippen LogP contribution is -2.45. The summed E-state index contributed by atoms with van der Waals surface area (Å²) in [6, 6.07) is 1.36. The average Bonchev–Trinajstić information content (AvgIpc) is 3.27. The van der Waals surface area contributed by atoms with Gasteiger partial charge in [0.2, 0.25) is 0 Å². The van der Waals surface area contributed by atoms with Crippen LogP contribution in [0, 0.1) is 0 Å². The average molecular weight is 446 g/mol. The van der Waals surface area contributed by atoms with Crippen molar-refractivity contribution in [3.63, 3.8) is 0 Å². The van der Waals surface area contributed by atoms with Gasteiger partial charge in [0, 0.05) is 52.0 Å². The minimum absolute atomic E-state index is 0. The van der Waals surface area contributed by atoms with Crippen molar-refractivity contribution < 1.29 is 0 Å². The number of nitrogens with zero attached hydrogens (tertiary/aromatic N) is 4. The number of halogens is 1. The van der Waals surface area contributed by atoms with Crippen molar-refractivity contribution >= 4 is 29.9 Å². The van der Waals surface area contributed by atoms with E-state index in [2.05, 4.69) is 31.8 Å². The number of aromatic nitrogens is 2. The largest absolute Gasteiger partial charge is 0.356 e. The van der Waals surface area contributed by atoms with Crippen molar-refractivity contribution in [3.05, 3.63) is 18.0 Å². The molecule has 1 aliphatic carbocycles. The number of aryl methyl sites for hydroxylation is 1. The van der Waals surface area contributed by atoms with Gasteiger partial charge in [0.05, 0.1) is 6.20 Å². The molecule has 2 fully saturated rings. The first-order valence-electron chi connectivity index (χ1n) is 8.93. The fourth-order valence-corrected chi connectivity index (χ4v) is 3.82. The van der Waals surface area contributed by atoms with Gasteiger partial charge in [-0.2, -0.15) is 5.10 Å². The summed E-state index contributed by atoms with van der Waals surface area (Å²) in [5.41, 5.74) is 1.25. The van der Waals surface area contributed by atoms with E-state index in [1.807, 2.05) is 25.0 Å². The summed E-state index contributed by atoms with van der Waals surface area (Å²) in [5.74, 6) is 0.923. The van der Waals surface area contributed by atoms with Gasteiger partial charge < -0.3 is 10.6 Å². The molecule has 1 atom stereocenters. The highest BCUT2D eigenvalue weighted by Gasteiger charge is 2.30. The van der Waals surface area contributed by atoms with Crippen LogP contribution < -0.4 is 10.6 Å². The first-order chi connectivity index (χ1) is 11.2. The third-order valence-corrected chi connectivity index (χ3v) is 5.09. The van der Waals surface area contributed by atoms with Crippen LogP contribution in [0.3, 0.4) is 0 Å². The smallest absolute Gasteiger partial charge is 0.191 e. The highest BCUT2D eigenvalue weighted by molar-refractivity contribution is 14.0. The summed E-state index contributed by atoms with van der Waals surface area (Å²) in [5, 5.41) is 11.2. The van der Waals surface area contributed by atoms with E-state index in [0.717, 1.165) is 31.5 Å². The van der Waals surface area contributed by atoms with Crippen LogP contribution in [0.25, 0.3) is 0 Å². The maximum absolute atomic E-state index is 4.37. The van der Waals surface area contributed by atoms with E-state index in [1.54, 1.807) is 0 Å². The van der Waals surface area contributed by atoms with Crippen LogP contribution in [0.5, 0.6) is 0 Å². The second-order valence-corrected chi connectivity index (χ2v) is 6.83. The van der Waals surface area contributed by atoms with Gasteiger partial charge in [-0.05, 0) is 31.2 Å². The molecule has 1 aliphatic heterocycles. The van der Waals surface area contributed by atoms with E-state index >= 15 is 0 Å². The molecular formula is C17H31IN6. The van der Waals surface area contributed by atoms with Gasteiger partial charge in [-0.1, -0.05) is 12.8 Å². The van der Waals surface area contributed by atoms with Gasteiger partial charge in [0.15, 0.2) is 5.96 Å². The van der Waals surface area contributed by atoms with Crippen LogP contribution in [0.15, 0.2) is 17.4 Å². The van der Waals surface area contributed by atoms with Crippen molar-refractivity contribution in [2.24, 2.45) is 12.0 Å².